The van der Waals surface area contributed by atoms with Gasteiger partial charge in [0.1, 0.15) is 0 Å². The van der Waals surface area contributed by atoms with Crippen molar-refractivity contribution in [3.8, 4) is 0 Å². The van der Waals surface area contributed by atoms with Gasteiger partial charge >= 0.3 is 0 Å². The number of halogens is 1. The summed E-state index contributed by atoms with van der Waals surface area (Å²) in [5.74, 6) is 0.785. The van der Waals surface area contributed by atoms with E-state index in [2.05, 4.69) is 18.7 Å². The van der Waals surface area contributed by atoms with Crippen molar-refractivity contribution in [1.29, 1.82) is 0 Å². The smallest absolute Gasteiger partial charge is 0.0802 e. The first-order chi connectivity index (χ1) is 8.56. The SMILES string of the molecule is CC1CC(C)N(CCC(O)c2ccc(Cl)cc2)C1. The summed E-state index contributed by atoms with van der Waals surface area (Å²) in [5.41, 5.74) is 0.958. The topological polar surface area (TPSA) is 23.5 Å². The van der Waals surface area contributed by atoms with Crippen molar-refractivity contribution in [3.05, 3.63) is 34.9 Å². The molecule has 2 rings (SSSR count). The second kappa shape index (κ2) is 6.05. The minimum atomic E-state index is -0.384. The number of hydrogen-bond donors (Lipinski definition) is 1. The predicted octanol–water partition coefficient (Wildman–Crippen LogP) is 3.49. The van der Waals surface area contributed by atoms with Crippen molar-refractivity contribution >= 4 is 11.6 Å². The van der Waals surface area contributed by atoms with Crippen LogP contribution in [0.5, 0.6) is 0 Å². The molecule has 0 radical (unpaired) electrons. The van der Waals surface area contributed by atoms with Gasteiger partial charge in [-0.25, -0.2) is 0 Å². The van der Waals surface area contributed by atoms with Crippen LogP contribution in [0, 0.1) is 5.92 Å². The monoisotopic (exact) mass is 267 g/mol. The summed E-state index contributed by atoms with van der Waals surface area (Å²) >= 11 is 5.84. The summed E-state index contributed by atoms with van der Waals surface area (Å²) in [5, 5.41) is 10.9. The Balaban J connectivity index is 1.84. The van der Waals surface area contributed by atoms with E-state index in [1.54, 1.807) is 0 Å². The fourth-order valence-electron chi connectivity index (χ4n) is 2.84. The number of benzene rings is 1. The fourth-order valence-corrected chi connectivity index (χ4v) is 2.96. The van der Waals surface area contributed by atoms with E-state index in [1.807, 2.05) is 24.3 Å². The van der Waals surface area contributed by atoms with E-state index in [1.165, 1.54) is 6.42 Å². The van der Waals surface area contributed by atoms with Gasteiger partial charge in [-0.05, 0) is 43.4 Å². The Morgan fingerprint density at radius 1 is 1.33 bits per heavy atom. The van der Waals surface area contributed by atoms with Crippen molar-refractivity contribution in [2.24, 2.45) is 5.92 Å². The molecule has 3 unspecified atom stereocenters. The van der Waals surface area contributed by atoms with Gasteiger partial charge in [0.15, 0.2) is 0 Å². The maximum Gasteiger partial charge on any atom is 0.0802 e. The average Bonchev–Trinajstić information content (AvgIpc) is 2.66. The lowest BCUT2D eigenvalue weighted by Gasteiger charge is -2.22. The zero-order valence-corrected chi connectivity index (χ0v) is 11.9. The summed E-state index contributed by atoms with van der Waals surface area (Å²) < 4.78 is 0. The van der Waals surface area contributed by atoms with Crippen LogP contribution in [0.25, 0.3) is 0 Å². The standard InChI is InChI=1S/C15H22ClNO/c1-11-9-12(2)17(10-11)8-7-15(18)13-3-5-14(16)6-4-13/h3-6,11-12,15,18H,7-10H2,1-2H3. The molecule has 1 heterocycles. The molecule has 0 bridgehead atoms. The Labute approximate surface area is 115 Å². The molecule has 1 aromatic rings. The Morgan fingerprint density at radius 3 is 2.56 bits per heavy atom. The van der Waals surface area contributed by atoms with Crippen molar-refractivity contribution in [2.75, 3.05) is 13.1 Å². The van der Waals surface area contributed by atoms with Gasteiger partial charge in [0.2, 0.25) is 0 Å². The van der Waals surface area contributed by atoms with Crippen LogP contribution in [0.1, 0.15) is 38.4 Å². The molecule has 1 N–H and O–H groups in total. The lowest BCUT2D eigenvalue weighted by Crippen LogP contribution is -2.29. The average molecular weight is 268 g/mol. The zero-order chi connectivity index (χ0) is 13.1. The maximum absolute atomic E-state index is 10.2. The summed E-state index contributed by atoms with van der Waals surface area (Å²) in [7, 11) is 0. The molecule has 1 aliphatic heterocycles. The van der Waals surface area contributed by atoms with Gasteiger partial charge in [-0.1, -0.05) is 30.7 Å². The number of rotatable bonds is 4. The van der Waals surface area contributed by atoms with Crippen molar-refractivity contribution in [3.63, 3.8) is 0 Å². The molecule has 0 aliphatic carbocycles. The normalized spacial score (nSPS) is 26.4. The van der Waals surface area contributed by atoms with Gasteiger partial charge in [0.05, 0.1) is 6.10 Å². The van der Waals surface area contributed by atoms with Gasteiger partial charge in [-0.3, -0.25) is 0 Å². The van der Waals surface area contributed by atoms with Gasteiger partial charge in [-0.2, -0.15) is 0 Å². The van der Waals surface area contributed by atoms with E-state index in [-0.39, 0.29) is 6.10 Å². The molecule has 3 atom stereocenters. The third-order valence-corrected chi connectivity index (χ3v) is 4.11. The van der Waals surface area contributed by atoms with Gasteiger partial charge < -0.3 is 10.0 Å². The first-order valence-corrected chi connectivity index (χ1v) is 7.11. The Morgan fingerprint density at radius 2 is 2.00 bits per heavy atom. The van der Waals surface area contributed by atoms with E-state index in [0.717, 1.165) is 31.0 Å². The Bertz CT molecular complexity index is 379. The summed E-state index contributed by atoms with van der Waals surface area (Å²) in [6, 6.07) is 8.13. The molecule has 3 heteroatoms. The van der Waals surface area contributed by atoms with Crippen molar-refractivity contribution in [2.45, 2.75) is 38.8 Å². The fraction of sp³-hybridized carbons (Fsp3) is 0.600. The van der Waals surface area contributed by atoms with Crippen LogP contribution < -0.4 is 0 Å². The van der Waals surface area contributed by atoms with E-state index in [0.29, 0.717) is 11.1 Å². The highest BCUT2D eigenvalue weighted by Gasteiger charge is 2.26. The van der Waals surface area contributed by atoms with Gasteiger partial charge in [-0.15, -0.1) is 0 Å². The van der Waals surface area contributed by atoms with E-state index in [9.17, 15) is 5.11 Å². The van der Waals surface area contributed by atoms with Crippen LogP contribution in [0.4, 0.5) is 0 Å². The Hall–Kier alpha value is -0.570. The van der Waals surface area contributed by atoms with Crippen LogP contribution in [-0.4, -0.2) is 29.1 Å². The first kappa shape index (κ1) is 13.9. The third-order valence-electron chi connectivity index (χ3n) is 3.86. The van der Waals surface area contributed by atoms with E-state index < -0.39 is 0 Å². The molecule has 0 spiro atoms. The number of likely N-dealkylation sites (tertiary alicyclic amines) is 1. The van der Waals surface area contributed by atoms with Crippen molar-refractivity contribution < 1.29 is 5.11 Å². The van der Waals surface area contributed by atoms with E-state index >= 15 is 0 Å². The molecular formula is C15H22ClNO. The lowest BCUT2D eigenvalue weighted by molar-refractivity contribution is 0.139. The van der Waals surface area contributed by atoms with Crippen LogP contribution in [0.2, 0.25) is 5.02 Å². The van der Waals surface area contributed by atoms with Crippen LogP contribution >= 0.6 is 11.6 Å². The molecule has 0 aromatic heterocycles. The number of hydrogen-bond acceptors (Lipinski definition) is 2. The third kappa shape index (κ3) is 3.47. The second-order valence-corrected chi connectivity index (χ2v) is 5.98. The molecule has 100 valence electrons. The molecule has 1 aromatic carbocycles. The highest BCUT2D eigenvalue weighted by Crippen LogP contribution is 2.25. The van der Waals surface area contributed by atoms with Crippen LogP contribution in [0.15, 0.2) is 24.3 Å². The summed E-state index contributed by atoms with van der Waals surface area (Å²) in [6.07, 6.45) is 1.68. The molecular weight excluding hydrogens is 246 g/mol. The molecule has 1 aliphatic rings. The molecule has 0 amide bonds. The van der Waals surface area contributed by atoms with Crippen LogP contribution in [0.3, 0.4) is 0 Å². The Kier molecular flexibility index (Phi) is 4.66. The largest absolute Gasteiger partial charge is 0.388 e. The minimum Gasteiger partial charge on any atom is -0.388 e. The quantitative estimate of drug-likeness (QED) is 0.903. The molecule has 1 saturated heterocycles. The van der Waals surface area contributed by atoms with Gasteiger partial charge in [0.25, 0.3) is 0 Å². The molecule has 2 nitrogen and oxygen atoms in total. The minimum absolute atomic E-state index is 0.384. The molecule has 0 saturated carbocycles. The zero-order valence-electron chi connectivity index (χ0n) is 11.1. The van der Waals surface area contributed by atoms with Crippen molar-refractivity contribution in [1.82, 2.24) is 4.90 Å². The number of nitrogens with zero attached hydrogens (tertiary/aromatic N) is 1. The summed E-state index contributed by atoms with van der Waals surface area (Å²) in [6.45, 7) is 6.70. The maximum atomic E-state index is 10.2. The van der Waals surface area contributed by atoms with Gasteiger partial charge in [0, 0.05) is 24.2 Å². The molecule has 18 heavy (non-hydrogen) atoms. The van der Waals surface area contributed by atoms with Crippen LogP contribution in [-0.2, 0) is 0 Å². The second-order valence-electron chi connectivity index (χ2n) is 5.54. The number of aliphatic hydroxyl groups is 1. The lowest BCUT2D eigenvalue weighted by atomic mass is 10.1. The first-order valence-electron chi connectivity index (χ1n) is 6.74. The highest BCUT2D eigenvalue weighted by atomic mass is 35.5. The molecule has 1 fully saturated rings. The van der Waals surface area contributed by atoms with E-state index in [4.69, 9.17) is 11.6 Å². The highest BCUT2D eigenvalue weighted by molar-refractivity contribution is 6.30. The number of aliphatic hydroxyl groups excluding tert-OH is 1. The predicted molar refractivity (Wildman–Crippen MR) is 75.8 cm³/mol. The summed E-state index contributed by atoms with van der Waals surface area (Å²) in [4.78, 5) is 2.48.